The summed E-state index contributed by atoms with van der Waals surface area (Å²) in [6.45, 7) is 0.0651. The van der Waals surface area contributed by atoms with Crippen LogP contribution in [0.5, 0.6) is 0 Å². The molecule has 0 radical (unpaired) electrons. The minimum atomic E-state index is -0.990. The van der Waals surface area contributed by atoms with Gasteiger partial charge in [0.05, 0.1) is 6.10 Å². The van der Waals surface area contributed by atoms with Crippen molar-refractivity contribution in [2.24, 2.45) is 0 Å². The summed E-state index contributed by atoms with van der Waals surface area (Å²) in [5, 5.41) is 19.3. The monoisotopic (exact) mass is 236 g/mol. The normalized spacial score (nSPS) is 20.4. The molecule has 94 valence electrons. The fraction of sp³-hybridized carbons (Fsp3) is 0.571. The Balaban J connectivity index is 2.07. The lowest BCUT2D eigenvalue weighted by atomic mass is 10.1. The molecule has 0 unspecified atom stereocenters. The van der Waals surface area contributed by atoms with Crippen LogP contribution in [-0.2, 0) is 4.74 Å². The second-order valence-electron chi connectivity index (χ2n) is 4.68. The number of ether oxygens (including phenoxy) is 1. The van der Waals surface area contributed by atoms with Gasteiger partial charge < -0.3 is 14.9 Å². The van der Waals surface area contributed by atoms with Gasteiger partial charge in [0.1, 0.15) is 0 Å². The first-order chi connectivity index (χ1) is 8.23. The highest BCUT2D eigenvalue weighted by atomic mass is 16.6. The third-order valence-electron chi connectivity index (χ3n) is 3.31. The fourth-order valence-corrected chi connectivity index (χ4v) is 2.39. The first-order valence-corrected chi connectivity index (χ1v) is 6.29. The third-order valence-corrected chi connectivity index (χ3v) is 3.31. The number of benzene rings is 1. The van der Waals surface area contributed by atoms with E-state index < -0.39 is 5.79 Å². The van der Waals surface area contributed by atoms with Crippen LogP contribution < -0.4 is 0 Å². The van der Waals surface area contributed by atoms with Crippen molar-refractivity contribution in [3.05, 3.63) is 35.9 Å². The van der Waals surface area contributed by atoms with Gasteiger partial charge in [-0.25, -0.2) is 0 Å². The summed E-state index contributed by atoms with van der Waals surface area (Å²) in [5.74, 6) is -0.990. The van der Waals surface area contributed by atoms with Crippen LogP contribution in [0.3, 0.4) is 0 Å². The number of rotatable bonds is 5. The molecule has 0 bridgehead atoms. The van der Waals surface area contributed by atoms with E-state index in [0.29, 0.717) is 19.3 Å². The highest BCUT2D eigenvalue weighted by Gasteiger charge is 2.34. The van der Waals surface area contributed by atoms with Crippen molar-refractivity contribution in [1.29, 1.82) is 0 Å². The van der Waals surface area contributed by atoms with E-state index in [1.54, 1.807) is 0 Å². The summed E-state index contributed by atoms with van der Waals surface area (Å²) in [5.41, 5.74) is 1.02. The molecular formula is C14H20O3. The molecule has 1 atom stereocenters. The Morgan fingerprint density at radius 1 is 1.18 bits per heavy atom. The van der Waals surface area contributed by atoms with E-state index in [9.17, 15) is 5.11 Å². The zero-order valence-corrected chi connectivity index (χ0v) is 10.0. The van der Waals surface area contributed by atoms with Crippen LogP contribution in [0.4, 0.5) is 0 Å². The highest BCUT2D eigenvalue weighted by molar-refractivity contribution is 5.17. The Morgan fingerprint density at radius 3 is 2.41 bits per heavy atom. The summed E-state index contributed by atoms with van der Waals surface area (Å²) in [6.07, 6.45) is 3.72. The Kier molecular flexibility index (Phi) is 4.15. The minimum absolute atomic E-state index is 0.0651. The summed E-state index contributed by atoms with van der Waals surface area (Å²) >= 11 is 0. The molecule has 1 aromatic rings. The smallest absolute Gasteiger partial charge is 0.166 e. The van der Waals surface area contributed by atoms with Gasteiger partial charge in [0, 0.05) is 25.9 Å². The molecule has 1 aliphatic carbocycles. The number of hydrogen-bond donors (Lipinski definition) is 2. The van der Waals surface area contributed by atoms with Crippen molar-refractivity contribution in [3.63, 3.8) is 0 Å². The predicted octanol–water partition coefficient (Wildman–Crippen LogP) is 2.39. The lowest BCUT2D eigenvalue weighted by Gasteiger charge is -2.29. The molecule has 2 N–H and O–H groups in total. The quantitative estimate of drug-likeness (QED) is 0.772. The molecular weight excluding hydrogens is 216 g/mol. The van der Waals surface area contributed by atoms with Crippen molar-refractivity contribution in [1.82, 2.24) is 0 Å². The zero-order chi connectivity index (χ0) is 12.1. The van der Waals surface area contributed by atoms with E-state index >= 15 is 0 Å². The standard InChI is InChI=1S/C14H20O3/c15-11-8-13(12-6-2-1-3-7-12)17-14(16)9-4-5-10-14/h1-3,6-7,13,15-16H,4-5,8-11H2/t13-/m1/s1. The molecule has 17 heavy (non-hydrogen) atoms. The van der Waals surface area contributed by atoms with Crippen LogP contribution in [-0.4, -0.2) is 22.6 Å². The van der Waals surface area contributed by atoms with Crippen LogP contribution in [0.1, 0.15) is 43.8 Å². The molecule has 1 aliphatic rings. The van der Waals surface area contributed by atoms with Crippen LogP contribution in [0.25, 0.3) is 0 Å². The summed E-state index contributed by atoms with van der Waals surface area (Å²) in [4.78, 5) is 0. The summed E-state index contributed by atoms with van der Waals surface area (Å²) in [7, 11) is 0. The topological polar surface area (TPSA) is 49.7 Å². The van der Waals surface area contributed by atoms with Gasteiger partial charge in [-0.2, -0.15) is 0 Å². The Bertz CT molecular complexity index is 331. The molecule has 0 aliphatic heterocycles. The van der Waals surface area contributed by atoms with E-state index in [1.165, 1.54) is 0 Å². The van der Waals surface area contributed by atoms with Crippen molar-refractivity contribution in [2.45, 2.75) is 44.0 Å². The van der Waals surface area contributed by atoms with Crippen LogP contribution in [0, 0.1) is 0 Å². The summed E-state index contributed by atoms with van der Waals surface area (Å²) < 4.78 is 5.82. The summed E-state index contributed by atoms with van der Waals surface area (Å²) in [6, 6.07) is 9.78. The first-order valence-electron chi connectivity index (χ1n) is 6.29. The Labute approximate surface area is 102 Å². The van der Waals surface area contributed by atoms with Crippen LogP contribution in [0.15, 0.2) is 30.3 Å². The van der Waals surface area contributed by atoms with Gasteiger partial charge in [0.15, 0.2) is 5.79 Å². The lowest BCUT2D eigenvalue weighted by molar-refractivity contribution is -0.229. The van der Waals surface area contributed by atoms with Gasteiger partial charge in [-0.15, -0.1) is 0 Å². The van der Waals surface area contributed by atoms with Gasteiger partial charge in [-0.1, -0.05) is 30.3 Å². The van der Waals surface area contributed by atoms with E-state index in [1.807, 2.05) is 30.3 Å². The molecule has 1 fully saturated rings. The maximum Gasteiger partial charge on any atom is 0.166 e. The average Bonchev–Trinajstić information content (AvgIpc) is 2.77. The average molecular weight is 236 g/mol. The molecule has 0 amide bonds. The number of aliphatic hydroxyl groups is 2. The van der Waals surface area contributed by atoms with Gasteiger partial charge >= 0.3 is 0 Å². The number of hydrogen-bond acceptors (Lipinski definition) is 3. The lowest BCUT2D eigenvalue weighted by Crippen LogP contribution is -2.30. The second kappa shape index (κ2) is 5.63. The van der Waals surface area contributed by atoms with E-state index in [4.69, 9.17) is 9.84 Å². The van der Waals surface area contributed by atoms with Gasteiger partial charge in [0.25, 0.3) is 0 Å². The predicted molar refractivity (Wildman–Crippen MR) is 65.4 cm³/mol. The zero-order valence-electron chi connectivity index (χ0n) is 10.0. The van der Waals surface area contributed by atoms with E-state index in [0.717, 1.165) is 18.4 Å². The van der Waals surface area contributed by atoms with Crippen molar-refractivity contribution < 1.29 is 14.9 Å². The molecule has 0 spiro atoms. The van der Waals surface area contributed by atoms with E-state index in [2.05, 4.69) is 0 Å². The molecule has 1 aromatic carbocycles. The fourth-order valence-electron chi connectivity index (χ4n) is 2.39. The maximum atomic E-state index is 10.2. The molecule has 0 aromatic heterocycles. The highest BCUT2D eigenvalue weighted by Crippen LogP contribution is 2.36. The second-order valence-corrected chi connectivity index (χ2v) is 4.68. The third kappa shape index (κ3) is 3.28. The Hall–Kier alpha value is -0.900. The molecule has 3 nitrogen and oxygen atoms in total. The minimum Gasteiger partial charge on any atom is -0.396 e. The van der Waals surface area contributed by atoms with Gasteiger partial charge in [-0.3, -0.25) is 0 Å². The van der Waals surface area contributed by atoms with E-state index in [-0.39, 0.29) is 12.7 Å². The largest absolute Gasteiger partial charge is 0.396 e. The van der Waals surface area contributed by atoms with Crippen molar-refractivity contribution in [3.8, 4) is 0 Å². The first kappa shape index (κ1) is 12.6. The van der Waals surface area contributed by atoms with Crippen molar-refractivity contribution >= 4 is 0 Å². The van der Waals surface area contributed by atoms with Gasteiger partial charge in [0.2, 0.25) is 0 Å². The molecule has 0 heterocycles. The molecule has 3 heteroatoms. The Morgan fingerprint density at radius 2 is 1.82 bits per heavy atom. The van der Waals surface area contributed by atoms with Crippen LogP contribution in [0.2, 0.25) is 0 Å². The molecule has 2 rings (SSSR count). The van der Waals surface area contributed by atoms with Gasteiger partial charge in [-0.05, 0) is 18.4 Å². The molecule has 1 saturated carbocycles. The van der Waals surface area contributed by atoms with Crippen molar-refractivity contribution in [2.75, 3.05) is 6.61 Å². The maximum absolute atomic E-state index is 10.2. The van der Waals surface area contributed by atoms with Crippen LogP contribution >= 0.6 is 0 Å². The molecule has 0 saturated heterocycles. The SMILES string of the molecule is OCC[C@@H](OC1(O)CCCC1)c1ccccc1. The number of aliphatic hydroxyl groups excluding tert-OH is 1.